The fourth-order valence-electron chi connectivity index (χ4n) is 2.57. The Morgan fingerprint density at radius 3 is 2.57 bits per heavy atom. The average molecular weight is 279 g/mol. The molecule has 0 bridgehead atoms. The van der Waals surface area contributed by atoms with E-state index in [0.717, 1.165) is 10.9 Å². The third-order valence-corrected chi connectivity index (χ3v) is 3.56. The standard InChI is InChI=1S/C16H10FN3O/c17-10-7-5-9(6-8-10)14-13-15(20-19-14)11-3-1-2-4-12(11)18-16(13)21/h1-8H,(H,18,21)(H,19,20). The van der Waals surface area contributed by atoms with Gasteiger partial charge in [0.25, 0.3) is 5.56 Å². The summed E-state index contributed by atoms with van der Waals surface area (Å²) in [7, 11) is 0. The van der Waals surface area contributed by atoms with Crippen molar-refractivity contribution in [1.82, 2.24) is 15.2 Å². The SMILES string of the molecule is O=c1[nH]c2ccccc2c2[nH]nc(-c3ccc(F)cc3)c12. The first kappa shape index (κ1) is 11.8. The third-order valence-electron chi connectivity index (χ3n) is 3.56. The number of benzene rings is 2. The third kappa shape index (κ3) is 1.74. The molecule has 0 aliphatic rings. The Morgan fingerprint density at radius 2 is 1.76 bits per heavy atom. The fraction of sp³-hybridized carbons (Fsp3) is 0. The summed E-state index contributed by atoms with van der Waals surface area (Å²) in [6, 6.07) is 13.4. The number of aromatic amines is 2. The lowest BCUT2D eigenvalue weighted by Crippen LogP contribution is -2.06. The quantitative estimate of drug-likeness (QED) is 0.562. The normalized spacial score (nSPS) is 11.3. The summed E-state index contributed by atoms with van der Waals surface area (Å²) in [6.45, 7) is 0. The number of rotatable bonds is 1. The first-order valence-corrected chi connectivity index (χ1v) is 6.49. The van der Waals surface area contributed by atoms with Gasteiger partial charge in [0.1, 0.15) is 11.5 Å². The fourth-order valence-corrected chi connectivity index (χ4v) is 2.57. The van der Waals surface area contributed by atoms with Gasteiger partial charge in [-0.1, -0.05) is 18.2 Å². The predicted molar refractivity (Wildman–Crippen MR) is 79.6 cm³/mol. The lowest BCUT2D eigenvalue weighted by molar-refractivity contribution is 0.628. The van der Waals surface area contributed by atoms with Gasteiger partial charge in [-0.05, 0) is 30.3 Å². The minimum absolute atomic E-state index is 0.211. The molecule has 21 heavy (non-hydrogen) atoms. The molecule has 0 aliphatic carbocycles. The van der Waals surface area contributed by atoms with Crippen LogP contribution in [-0.2, 0) is 0 Å². The average Bonchev–Trinajstić information content (AvgIpc) is 2.94. The highest BCUT2D eigenvalue weighted by atomic mass is 19.1. The van der Waals surface area contributed by atoms with E-state index in [-0.39, 0.29) is 11.4 Å². The Morgan fingerprint density at radius 1 is 1.00 bits per heavy atom. The minimum Gasteiger partial charge on any atom is -0.321 e. The van der Waals surface area contributed by atoms with Crippen LogP contribution in [0.3, 0.4) is 0 Å². The number of aromatic nitrogens is 3. The molecule has 0 radical (unpaired) electrons. The molecule has 0 unspecified atom stereocenters. The zero-order chi connectivity index (χ0) is 14.4. The number of hydrogen-bond acceptors (Lipinski definition) is 2. The number of para-hydroxylation sites is 1. The van der Waals surface area contributed by atoms with Crippen molar-refractivity contribution in [2.75, 3.05) is 0 Å². The van der Waals surface area contributed by atoms with Crippen LogP contribution in [0, 0.1) is 5.82 Å². The summed E-state index contributed by atoms with van der Waals surface area (Å²) < 4.78 is 13.0. The Balaban J connectivity index is 2.11. The van der Waals surface area contributed by atoms with Crippen molar-refractivity contribution < 1.29 is 4.39 Å². The molecule has 2 N–H and O–H groups in total. The molecule has 0 saturated heterocycles. The highest BCUT2D eigenvalue weighted by Gasteiger charge is 2.14. The predicted octanol–water partition coefficient (Wildman–Crippen LogP) is 3.21. The molecular formula is C16H10FN3O. The monoisotopic (exact) mass is 279 g/mol. The van der Waals surface area contributed by atoms with Gasteiger partial charge in [-0.15, -0.1) is 0 Å². The van der Waals surface area contributed by atoms with Gasteiger partial charge in [0.2, 0.25) is 0 Å². The first-order chi connectivity index (χ1) is 10.2. The molecule has 2 heterocycles. The molecule has 4 nitrogen and oxygen atoms in total. The van der Waals surface area contributed by atoms with Gasteiger partial charge in [-0.2, -0.15) is 5.10 Å². The van der Waals surface area contributed by atoms with Gasteiger partial charge in [0, 0.05) is 10.9 Å². The zero-order valence-electron chi connectivity index (χ0n) is 10.9. The maximum atomic E-state index is 13.0. The van der Waals surface area contributed by atoms with E-state index in [9.17, 15) is 9.18 Å². The van der Waals surface area contributed by atoms with Crippen molar-refractivity contribution in [2.24, 2.45) is 0 Å². The van der Waals surface area contributed by atoms with Crippen LogP contribution in [0.5, 0.6) is 0 Å². The first-order valence-electron chi connectivity index (χ1n) is 6.49. The molecule has 102 valence electrons. The lowest BCUT2D eigenvalue weighted by Gasteiger charge is -2.00. The number of halogens is 1. The number of nitrogens with one attached hydrogen (secondary N) is 2. The van der Waals surface area contributed by atoms with Gasteiger partial charge in [0.05, 0.1) is 16.4 Å². The molecule has 0 atom stereocenters. The van der Waals surface area contributed by atoms with Crippen LogP contribution >= 0.6 is 0 Å². The van der Waals surface area contributed by atoms with Crippen molar-refractivity contribution >= 4 is 21.8 Å². The Labute approximate surface area is 118 Å². The Kier molecular flexibility index (Phi) is 2.41. The van der Waals surface area contributed by atoms with Gasteiger partial charge in [-0.25, -0.2) is 4.39 Å². The van der Waals surface area contributed by atoms with E-state index in [1.165, 1.54) is 12.1 Å². The van der Waals surface area contributed by atoms with Crippen molar-refractivity contribution in [3.63, 3.8) is 0 Å². The van der Waals surface area contributed by atoms with Gasteiger partial charge in [-0.3, -0.25) is 9.89 Å². The number of hydrogen-bond donors (Lipinski definition) is 2. The van der Waals surface area contributed by atoms with E-state index in [2.05, 4.69) is 15.2 Å². The molecule has 2 aromatic heterocycles. The van der Waals surface area contributed by atoms with Crippen molar-refractivity contribution in [3.05, 3.63) is 64.7 Å². The molecule has 0 fully saturated rings. The maximum absolute atomic E-state index is 13.0. The van der Waals surface area contributed by atoms with Crippen LogP contribution in [-0.4, -0.2) is 15.2 Å². The van der Waals surface area contributed by atoms with Crippen LogP contribution in [0.15, 0.2) is 53.3 Å². The van der Waals surface area contributed by atoms with Crippen LogP contribution in [0.1, 0.15) is 0 Å². The summed E-state index contributed by atoms with van der Waals surface area (Å²) in [4.78, 5) is 15.2. The van der Waals surface area contributed by atoms with Crippen molar-refractivity contribution in [1.29, 1.82) is 0 Å². The van der Waals surface area contributed by atoms with E-state index in [0.29, 0.717) is 22.2 Å². The molecule has 2 aromatic carbocycles. The highest BCUT2D eigenvalue weighted by molar-refractivity contribution is 6.07. The molecule has 4 rings (SSSR count). The maximum Gasteiger partial charge on any atom is 0.260 e. The van der Waals surface area contributed by atoms with Crippen molar-refractivity contribution in [2.45, 2.75) is 0 Å². The minimum atomic E-state index is -0.321. The molecule has 4 aromatic rings. The highest BCUT2D eigenvalue weighted by Crippen LogP contribution is 2.27. The van der Waals surface area contributed by atoms with E-state index in [4.69, 9.17) is 0 Å². The Hall–Kier alpha value is -2.95. The topological polar surface area (TPSA) is 61.5 Å². The van der Waals surface area contributed by atoms with Gasteiger partial charge in [0.15, 0.2) is 0 Å². The number of H-pyrrole nitrogens is 2. The number of fused-ring (bicyclic) bond motifs is 3. The van der Waals surface area contributed by atoms with E-state index in [1.807, 2.05) is 24.3 Å². The van der Waals surface area contributed by atoms with E-state index >= 15 is 0 Å². The summed E-state index contributed by atoms with van der Waals surface area (Å²) in [5.74, 6) is -0.321. The number of nitrogens with zero attached hydrogens (tertiary/aromatic N) is 1. The largest absolute Gasteiger partial charge is 0.321 e. The van der Waals surface area contributed by atoms with Crippen LogP contribution in [0.25, 0.3) is 33.1 Å². The van der Waals surface area contributed by atoms with Gasteiger partial charge < -0.3 is 4.98 Å². The van der Waals surface area contributed by atoms with Gasteiger partial charge >= 0.3 is 0 Å². The van der Waals surface area contributed by atoms with Crippen LogP contribution in [0.2, 0.25) is 0 Å². The summed E-state index contributed by atoms with van der Waals surface area (Å²) >= 11 is 0. The summed E-state index contributed by atoms with van der Waals surface area (Å²) in [5, 5.41) is 8.54. The van der Waals surface area contributed by atoms with Crippen LogP contribution in [0.4, 0.5) is 4.39 Å². The van der Waals surface area contributed by atoms with E-state index in [1.54, 1.807) is 12.1 Å². The second-order valence-corrected chi connectivity index (χ2v) is 4.83. The number of pyridine rings is 1. The summed E-state index contributed by atoms with van der Waals surface area (Å²) in [6.07, 6.45) is 0. The zero-order valence-corrected chi connectivity index (χ0v) is 10.9. The van der Waals surface area contributed by atoms with Crippen molar-refractivity contribution in [3.8, 4) is 11.3 Å². The molecule has 0 saturated carbocycles. The molecule has 0 amide bonds. The summed E-state index contributed by atoms with van der Waals surface area (Å²) in [5.41, 5.74) is 2.45. The smallest absolute Gasteiger partial charge is 0.260 e. The molecular weight excluding hydrogens is 269 g/mol. The molecule has 5 heteroatoms. The molecule has 0 aliphatic heterocycles. The Bertz CT molecular complexity index is 1020. The second-order valence-electron chi connectivity index (χ2n) is 4.83. The second kappa shape index (κ2) is 4.28. The van der Waals surface area contributed by atoms with Crippen LogP contribution < -0.4 is 5.56 Å². The lowest BCUT2D eigenvalue weighted by atomic mass is 10.1. The van der Waals surface area contributed by atoms with E-state index < -0.39 is 0 Å². The molecule has 0 spiro atoms.